The lowest BCUT2D eigenvalue weighted by atomic mass is 9.48. The summed E-state index contributed by atoms with van der Waals surface area (Å²) in [5.74, 6) is 0. The third kappa shape index (κ3) is 4.83. The zero-order chi connectivity index (χ0) is 18.8. The Morgan fingerprint density at radius 3 is 1.88 bits per heavy atom. The maximum atomic E-state index is 7.36. The summed E-state index contributed by atoms with van der Waals surface area (Å²) in [4.78, 5) is 0. The zero-order valence-electron chi connectivity index (χ0n) is 17.2. The Morgan fingerprint density at radius 1 is 0.958 bits per heavy atom. The van der Waals surface area contributed by atoms with Crippen molar-refractivity contribution in [3.05, 3.63) is 0 Å². The van der Waals surface area contributed by atoms with E-state index in [1.54, 1.807) is 0 Å². The van der Waals surface area contributed by atoms with Gasteiger partial charge < -0.3 is 0 Å². The number of rotatable bonds is 6. The molecule has 24 heavy (non-hydrogen) atoms. The van der Waals surface area contributed by atoms with E-state index >= 15 is 0 Å². The SMILES string of the molecule is CCCPC1CC(C(C)(C)C)(C(C)(C)C)CC(Cl)(PCCC)C1Cl. The van der Waals surface area contributed by atoms with Crippen molar-refractivity contribution in [2.75, 3.05) is 12.3 Å². The fraction of sp³-hybridized carbons (Fsp3) is 1.00. The van der Waals surface area contributed by atoms with Gasteiger partial charge in [0, 0.05) is 0 Å². The molecule has 5 atom stereocenters. The Labute approximate surface area is 165 Å². The van der Waals surface area contributed by atoms with Crippen molar-refractivity contribution in [3.8, 4) is 0 Å². The second kappa shape index (κ2) is 8.63. The second-order valence-electron chi connectivity index (χ2n) is 9.71. The molecule has 0 saturated heterocycles. The van der Waals surface area contributed by atoms with Gasteiger partial charge in [-0.3, -0.25) is 0 Å². The Hall–Kier alpha value is 1.44. The topological polar surface area (TPSA) is 0 Å². The zero-order valence-corrected chi connectivity index (χ0v) is 20.7. The van der Waals surface area contributed by atoms with E-state index in [0.29, 0.717) is 5.66 Å². The van der Waals surface area contributed by atoms with Crippen molar-refractivity contribution < 1.29 is 0 Å². The molecule has 1 fully saturated rings. The summed E-state index contributed by atoms with van der Waals surface area (Å²) in [6.45, 7) is 19.1. The molecular formula is C20H40Cl2P2. The van der Waals surface area contributed by atoms with Gasteiger partial charge in [-0.2, -0.15) is 0 Å². The lowest BCUT2D eigenvalue weighted by Crippen LogP contribution is -2.58. The Balaban J connectivity index is 3.34. The molecular weight excluding hydrogens is 373 g/mol. The van der Waals surface area contributed by atoms with Crippen molar-refractivity contribution in [1.29, 1.82) is 0 Å². The fourth-order valence-corrected chi connectivity index (χ4v) is 9.41. The average Bonchev–Trinajstić information content (AvgIpc) is 2.44. The van der Waals surface area contributed by atoms with Crippen LogP contribution in [0.15, 0.2) is 0 Å². The third-order valence-electron chi connectivity index (χ3n) is 6.11. The van der Waals surface area contributed by atoms with E-state index in [0.717, 1.165) is 23.6 Å². The Morgan fingerprint density at radius 2 is 1.46 bits per heavy atom. The summed E-state index contributed by atoms with van der Waals surface area (Å²) in [6, 6.07) is 0. The summed E-state index contributed by atoms with van der Waals surface area (Å²) >= 11 is 14.4. The van der Waals surface area contributed by atoms with E-state index in [2.05, 4.69) is 55.4 Å². The number of hydrogen-bond acceptors (Lipinski definition) is 0. The molecule has 1 aliphatic rings. The van der Waals surface area contributed by atoms with Gasteiger partial charge in [-0.05, 0) is 47.1 Å². The molecule has 5 unspecified atom stereocenters. The van der Waals surface area contributed by atoms with Crippen molar-refractivity contribution in [3.63, 3.8) is 0 Å². The quantitative estimate of drug-likeness (QED) is 0.306. The lowest BCUT2D eigenvalue weighted by Gasteiger charge is -2.62. The van der Waals surface area contributed by atoms with E-state index in [1.165, 1.54) is 31.6 Å². The van der Waals surface area contributed by atoms with E-state index in [1.807, 2.05) is 0 Å². The van der Waals surface area contributed by atoms with Crippen LogP contribution in [-0.2, 0) is 0 Å². The first-order valence-corrected chi connectivity index (χ1v) is 13.0. The highest BCUT2D eigenvalue weighted by Gasteiger charge is 2.60. The van der Waals surface area contributed by atoms with Gasteiger partial charge in [-0.15, -0.1) is 31.8 Å². The highest BCUT2D eigenvalue weighted by molar-refractivity contribution is 7.43. The molecule has 0 radical (unpaired) electrons. The van der Waals surface area contributed by atoms with E-state index in [9.17, 15) is 0 Å². The van der Waals surface area contributed by atoms with Crippen LogP contribution in [0.1, 0.15) is 81.1 Å². The monoisotopic (exact) mass is 412 g/mol. The van der Waals surface area contributed by atoms with Crippen LogP contribution in [0.4, 0.5) is 0 Å². The molecule has 0 N–H and O–H groups in total. The highest BCUT2D eigenvalue weighted by atomic mass is 35.5. The Bertz CT molecular complexity index is 383. The van der Waals surface area contributed by atoms with E-state index < -0.39 is 0 Å². The standard InChI is InChI=1S/C20H40Cl2P2/c1-9-11-23-15-13-19(17(3,4)5,18(6,7)8)14-20(22,16(15)21)24-12-10-2/h15-16,23-24H,9-14H2,1-8H3. The van der Waals surface area contributed by atoms with Gasteiger partial charge >= 0.3 is 0 Å². The lowest BCUT2D eigenvalue weighted by molar-refractivity contribution is -0.0636. The first-order chi connectivity index (χ1) is 10.8. The van der Waals surface area contributed by atoms with Crippen molar-refractivity contribution in [2.45, 2.75) is 96.7 Å². The Kier molecular flexibility index (Phi) is 8.45. The molecule has 0 aliphatic heterocycles. The summed E-state index contributed by atoms with van der Waals surface area (Å²) in [5, 5.41) is 0.131. The number of alkyl halides is 2. The molecule has 0 heterocycles. The molecule has 0 aromatic carbocycles. The second-order valence-corrected chi connectivity index (χ2v) is 14.6. The van der Waals surface area contributed by atoms with E-state index in [-0.39, 0.29) is 26.2 Å². The minimum Gasteiger partial charge on any atom is -0.120 e. The van der Waals surface area contributed by atoms with Gasteiger partial charge in [0.1, 0.15) is 0 Å². The molecule has 0 aromatic heterocycles. The molecule has 1 saturated carbocycles. The van der Waals surface area contributed by atoms with Crippen molar-refractivity contribution >= 4 is 40.4 Å². The number of hydrogen-bond donors (Lipinski definition) is 0. The van der Waals surface area contributed by atoms with E-state index in [4.69, 9.17) is 23.2 Å². The molecule has 0 amide bonds. The normalized spacial score (nSPS) is 32.2. The third-order valence-corrected chi connectivity index (χ3v) is 11.7. The highest BCUT2D eigenvalue weighted by Crippen LogP contribution is 2.68. The largest absolute Gasteiger partial charge is 0.120 e. The van der Waals surface area contributed by atoms with Gasteiger partial charge in [-0.1, -0.05) is 76.8 Å². The minimum atomic E-state index is -0.220. The molecule has 0 bridgehead atoms. The maximum Gasteiger partial charge on any atom is 0.0786 e. The maximum absolute atomic E-state index is 7.36. The van der Waals surface area contributed by atoms with Crippen molar-refractivity contribution in [2.24, 2.45) is 16.2 Å². The van der Waals surface area contributed by atoms with Gasteiger partial charge in [0.05, 0.1) is 9.99 Å². The molecule has 1 aliphatic carbocycles. The van der Waals surface area contributed by atoms with Crippen LogP contribution >= 0.6 is 40.4 Å². The first-order valence-electron chi connectivity index (χ1n) is 9.66. The van der Waals surface area contributed by atoms with Crippen LogP contribution in [0.5, 0.6) is 0 Å². The molecule has 1 rings (SSSR count). The van der Waals surface area contributed by atoms with Gasteiger partial charge in [0.25, 0.3) is 0 Å². The molecule has 4 heteroatoms. The van der Waals surface area contributed by atoms with Crippen LogP contribution in [-0.4, -0.2) is 28.0 Å². The minimum absolute atomic E-state index is 0.131. The van der Waals surface area contributed by atoms with Crippen LogP contribution in [0.3, 0.4) is 0 Å². The van der Waals surface area contributed by atoms with Gasteiger partial charge in [0.15, 0.2) is 0 Å². The van der Waals surface area contributed by atoms with Gasteiger partial charge in [-0.25, -0.2) is 0 Å². The summed E-state index contributed by atoms with van der Waals surface area (Å²) in [6.07, 6.45) is 7.26. The molecule has 0 spiro atoms. The number of halogens is 2. The summed E-state index contributed by atoms with van der Waals surface area (Å²) in [7, 11) is 1.72. The molecule has 0 aromatic rings. The van der Waals surface area contributed by atoms with Crippen LogP contribution in [0.25, 0.3) is 0 Å². The van der Waals surface area contributed by atoms with Crippen LogP contribution in [0.2, 0.25) is 0 Å². The predicted octanol–water partition coefficient (Wildman–Crippen LogP) is 7.95. The average molecular weight is 413 g/mol. The smallest absolute Gasteiger partial charge is 0.0786 e. The fourth-order valence-electron chi connectivity index (χ4n) is 4.67. The molecule has 144 valence electrons. The first kappa shape index (κ1) is 23.5. The summed E-state index contributed by atoms with van der Waals surface area (Å²) in [5.41, 5.74) is 1.27. The predicted molar refractivity (Wildman–Crippen MR) is 120 cm³/mol. The summed E-state index contributed by atoms with van der Waals surface area (Å²) < 4.78 is -0.220. The van der Waals surface area contributed by atoms with Crippen molar-refractivity contribution in [1.82, 2.24) is 0 Å². The van der Waals surface area contributed by atoms with Gasteiger partial charge in [0.2, 0.25) is 0 Å². The van der Waals surface area contributed by atoms with Crippen LogP contribution < -0.4 is 0 Å². The van der Waals surface area contributed by atoms with Crippen LogP contribution in [0, 0.1) is 16.2 Å². The molecule has 0 nitrogen and oxygen atoms in total.